The van der Waals surface area contributed by atoms with Gasteiger partial charge in [-0.25, -0.2) is 4.79 Å². The molecule has 2 bridgehead atoms. The molecule has 3 N–H and O–H groups in total. The van der Waals surface area contributed by atoms with Gasteiger partial charge in [0.15, 0.2) is 23.8 Å². The summed E-state index contributed by atoms with van der Waals surface area (Å²) in [6.07, 6.45) is -1.60. The van der Waals surface area contributed by atoms with Crippen molar-refractivity contribution in [2.75, 3.05) is 14.2 Å². The molecule has 10 nitrogen and oxygen atoms in total. The Labute approximate surface area is 185 Å². The highest BCUT2D eigenvalue weighted by Crippen LogP contribution is 2.67. The van der Waals surface area contributed by atoms with E-state index in [1.807, 2.05) is 13.8 Å². The topological polar surface area (TPSA) is 141 Å². The molecule has 1 saturated carbocycles. The van der Waals surface area contributed by atoms with E-state index in [4.69, 9.17) is 23.7 Å². The fourth-order valence-corrected chi connectivity index (χ4v) is 7.21. The maximum absolute atomic E-state index is 13.2. The number of fused-ring (bicyclic) bond motifs is 2. The molecule has 4 heterocycles. The summed E-state index contributed by atoms with van der Waals surface area (Å²) < 4.78 is 27.1. The first-order valence-corrected chi connectivity index (χ1v) is 10.9. The number of aliphatic hydroxyl groups is 3. The first-order chi connectivity index (χ1) is 15.0. The summed E-state index contributed by atoms with van der Waals surface area (Å²) in [6.45, 7) is 3.76. The average Bonchev–Trinajstić information content (AvgIpc) is 2.99. The molecule has 32 heavy (non-hydrogen) atoms. The second kappa shape index (κ2) is 6.74. The maximum Gasteiger partial charge on any atom is 0.343 e. The molecule has 0 amide bonds. The van der Waals surface area contributed by atoms with Gasteiger partial charge in [0.2, 0.25) is 0 Å². The van der Waals surface area contributed by atoms with Crippen LogP contribution in [0.15, 0.2) is 12.2 Å². The molecule has 4 fully saturated rings. The van der Waals surface area contributed by atoms with Crippen LogP contribution in [0.4, 0.5) is 0 Å². The van der Waals surface area contributed by atoms with E-state index in [0.717, 1.165) is 0 Å². The fourth-order valence-electron chi connectivity index (χ4n) is 7.21. The number of rotatable bonds is 3. The van der Waals surface area contributed by atoms with Crippen molar-refractivity contribution in [1.82, 2.24) is 0 Å². The molecule has 178 valence electrons. The van der Waals surface area contributed by atoms with Gasteiger partial charge in [0, 0.05) is 25.6 Å². The summed E-state index contributed by atoms with van der Waals surface area (Å²) in [5.74, 6) is -2.11. The number of aliphatic hydroxyl groups excluding tert-OH is 1. The fraction of sp³-hybridized carbons (Fsp3) is 0.818. The molecule has 0 aromatic rings. The number of carbonyl (C=O) groups is 2. The van der Waals surface area contributed by atoms with Gasteiger partial charge < -0.3 is 39.0 Å². The van der Waals surface area contributed by atoms with Crippen molar-refractivity contribution in [2.24, 2.45) is 22.7 Å². The Morgan fingerprint density at radius 2 is 1.84 bits per heavy atom. The molecule has 0 aromatic carbocycles. The molecule has 4 aliphatic heterocycles. The summed E-state index contributed by atoms with van der Waals surface area (Å²) in [5, 5.41) is 33.7. The monoisotopic (exact) mass is 454 g/mol. The van der Waals surface area contributed by atoms with Crippen LogP contribution >= 0.6 is 0 Å². The highest BCUT2D eigenvalue weighted by Gasteiger charge is 2.74. The summed E-state index contributed by atoms with van der Waals surface area (Å²) in [7, 11) is 2.64. The number of methoxy groups -OCH3 is 2. The van der Waals surface area contributed by atoms with E-state index in [0.29, 0.717) is 12.8 Å². The van der Waals surface area contributed by atoms with Gasteiger partial charge in [-0.05, 0) is 36.8 Å². The van der Waals surface area contributed by atoms with Gasteiger partial charge in [0.05, 0.1) is 5.92 Å². The predicted octanol–water partition coefficient (Wildman–Crippen LogP) is -0.366. The third-order valence-corrected chi connectivity index (χ3v) is 8.92. The lowest BCUT2D eigenvalue weighted by Gasteiger charge is -2.66. The van der Waals surface area contributed by atoms with Crippen molar-refractivity contribution in [3.05, 3.63) is 12.2 Å². The number of hydrogen-bond acceptors (Lipinski definition) is 10. The van der Waals surface area contributed by atoms with Crippen molar-refractivity contribution < 1.29 is 48.6 Å². The molecule has 11 atom stereocenters. The SMILES string of the molecule is CO[C@H]1O[C@@H](OC)[C@@](O)([C@@H]2C[C@]3(C)[C@@H](CC[C@]4(C)[C@H]3[C@H]3C=C[C@]4(O)C(=O)O3)C(=O)O2)[C@H]1O. The standard InChI is InChI=1S/C22H30O10/c1-19-9-12(22(27)14(23)16(28-3)32-18(22)29-4)31-15(24)10(19)5-7-20(2)13(19)11-6-8-21(20,26)17(25)30-11/h6,8,10-14,16,18,23,26-27H,5,7,9H2,1-4H3/t10-,11+,12-,13-,14-,16-,18+,19+,20+,21-,22+/m0/s1. The van der Waals surface area contributed by atoms with E-state index in [-0.39, 0.29) is 6.42 Å². The Morgan fingerprint density at radius 1 is 1.12 bits per heavy atom. The van der Waals surface area contributed by atoms with Crippen LogP contribution in [0.3, 0.4) is 0 Å². The van der Waals surface area contributed by atoms with Crippen LogP contribution in [0.2, 0.25) is 0 Å². The number of carbonyl (C=O) groups excluding carboxylic acids is 2. The normalized spacial score (nSPS) is 56.4. The Kier molecular flexibility index (Phi) is 4.68. The third kappa shape index (κ3) is 2.40. The van der Waals surface area contributed by atoms with Crippen molar-refractivity contribution in [1.29, 1.82) is 0 Å². The first-order valence-electron chi connectivity index (χ1n) is 10.9. The quantitative estimate of drug-likeness (QED) is 0.382. The van der Waals surface area contributed by atoms with Crippen LogP contribution in [0.25, 0.3) is 0 Å². The predicted molar refractivity (Wildman–Crippen MR) is 105 cm³/mol. The van der Waals surface area contributed by atoms with Crippen molar-refractivity contribution in [3.63, 3.8) is 0 Å². The van der Waals surface area contributed by atoms with Gasteiger partial charge in [0.25, 0.3) is 0 Å². The van der Waals surface area contributed by atoms with Crippen molar-refractivity contribution in [3.8, 4) is 0 Å². The Morgan fingerprint density at radius 3 is 2.47 bits per heavy atom. The van der Waals surface area contributed by atoms with E-state index in [1.54, 1.807) is 6.08 Å². The van der Waals surface area contributed by atoms with Crippen LogP contribution in [-0.4, -0.2) is 83.6 Å². The smallest absolute Gasteiger partial charge is 0.343 e. The largest absolute Gasteiger partial charge is 0.459 e. The van der Waals surface area contributed by atoms with Crippen molar-refractivity contribution in [2.45, 2.75) is 75.2 Å². The number of ether oxygens (including phenoxy) is 5. The molecule has 6 rings (SSSR count). The molecule has 10 heteroatoms. The summed E-state index contributed by atoms with van der Waals surface area (Å²) in [4.78, 5) is 25.8. The minimum atomic E-state index is -2.08. The second-order valence-corrected chi connectivity index (χ2v) is 10.3. The molecule has 0 unspecified atom stereocenters. The molecular formula is C22H30O10. The van der Waals surface area contributed by atoms with Crippen LogP contribution in [0.1, 0.15) is 33.1 Å². The second-order valence-electron chi connectivity index (χ2n) is 10.3. The van der Waals surface area contributed by atoms with Crippen LogP contribution in [0, 0.1) is 22.7 Å². The van der Waals surface area contributed by atoms with Crippen LogP contribution in [-0.2, 0) is 33.3 Å². The number of esters is 2. The van der Waals surface area contributed by atoms with Gasteiger partial charge in [-0.2, -0.15) is 0 Å². The highest BCUT2D eigenvalue weighted by molar-refractivity contribution is 5.86. The maximum atomic E-state index is 13.2. The zero-order valence-electron chi connectivity index (χ0n) is 18.5. The molecule has 3 saturated heterocycles. The van der Waals surface area contributed by atoms with Crippen molar-refractivity contribution >= 4 is 11.9 Å². The van der Waals surface area contributed by atoms with E-state index < -0.39 is 76.7 Å². The average molecular weight is 454 g/mol. The van der Waals surface area contributed by atoms with E-state index in [2.05, 4.69) is 0 Å². The molecular weight excluding hydrogens is 424 g/mol. The third-order valence-electron chi connectivity index (χ3n) is 8.92. The van der Waals surface area contributed by atoms with Crippen LogP contribution < -0.4 is 0 Å². The Hall–Kier alpha value is -1.56. The van der Waals surface area contributed by atoms with E-state index in [9.17, 15) is 24.9 Å². The van der Waals surface area contributed by atoms with Gasteiger partial charge in [0.1, 0.15) is 18.3 Å². The zero-order chi connectivity index (χ0) is 23.3. The molecule has 0 radical (unpaired) electrons. The van der Waals surface area contributed by atoms with Gasteiger partial charge in [-0.15, -0.1) is 0 Å². The van der Waals surface area contributed by atoms with E-state index in [1.165, 1.54) is 20.3 Å². The van der Waals surface area contributed by atoms with Crippen LogP contribution in [0.5, 0.6) is 0 Å². The minimum Gasteiger partial charge on any atom is -0.459 e. The Bertz CT molecular complexity index is 871. The van der Waals surface area contributed by atoms with E-state index >= 15 is 0 Å². The zero-order valence-corrected chi connectivity index (χ0v) is 18.5. The summed E-state index contributed by atoms with van der Waals surface area (Å²) in [6, 6.07) is 0. The number of cyclic esters (lactones) is 1. The van der Waals surface area contributed by atoms with Gasteiger partial charge >= 0.3 is 11.9 Å². The first kappa shape index (κ1) is 22.2. The molecule has 0 aromatic heterocycles. The molecule has 6 aliphatic rings. The lowest BCUT2D eigenvalue weighted by Crippen LogP contribution is -2.74. The summed E-state index contributed by atoms with van der Waals surface area (Å²) in [5.41, 5.74) is -5.54. The van der Waals surface area contributed by atoms with Gasteiger partial charge in [-0.3, -0.25) is 4.79 Å². The Balaban J connectivity index is 1.57. The number of hydrogen-bond donors (Lipinski definition) is 3. The van der Waals surface area contributed by atoms with Gasteiger partial charge in [-0.1, -0.05) is 13.8 Å². The summed E-state index contributed by atoms with van der Waals surface area (Å²) >= 11 is 0. The molecule has 2 aliphatic carbocycles. The lowest BCUT2D eigenvalue weighted by molar-refractivity contribution is -0.282. The minimum absolute atomic E-state index is 0.148. The lowest BCUT2D eigenvalue weighted by atomic mass is 9.42. The highest BCUT2D eigenvalue weighted by atomic mass is 16.8. The molecule has 0 spiro atoms.